The molecule has 0 spiro atoms. The van der Waals surface area contributed by atoms with Crippen LogP contribution in [-0.4, -0.2) is 91.7 Å². The number of hydrogen-bond acceptors (Lipinski definition) is 9. The summed E-state index contributed by atoms with van der Waals surface area (Å²) in [7, 11) is 0. The Bertz CT molecular complexity index is 1550. The number of carbonyl (C=O) groups excluding carboxylic acids is 1. The Kier molecular flexibility index (Phi) is 12.0. The average molecular weight is 684 g/mol. The molecule has 7 N–H and O–H groups in total. The molecule has 2 saturated carbocycles. The average Bonchev–Trinajstić information content (AvgIpc) is 4.03. The van der Waals surface area contributed by atoms with Crippen LogP contribution in [0.1, 0.15) is 60.8 Å². The first kappa shape index (κ1) is 36.0. The van der Waals surface area contributed by atoms with Gasteiger partial charge in [-0.05, 0) is 92.3 Å². The van der Waals surface area contributed by atoms with Gasteiger partial charge in [0.2, 0.25) is 0 Å². The van der Waals surface area contributed by atoms with E-state index < -0.39 is 49.2 Å². The van der Waals surface area contributed by atoms with E-state index in [4.69, 9.17) is 31.9 Å². The standard InChI is InChI=1S/C36H46ClN3O8/c1-22-16-24(29(37)17-23(22)6-4-5-15-40(35(38)46)30(19-41)33(44)34(45)31(43)20-42)21-47-36(12-13-36)28-18-39-14-11-26(28)27-7-2-3-8-32(27)48-25-9-10-25/h2-3,7-8,11,14,16-18,25,30-31,33-34,41-45H,4-6,9-10,12-13,15,19-21H2,1H3,(H2,38,46)/t30-,31+,33+,34+/m0/s1. The van der Waals surface area contributed by atoms with E-state index in [-0.39, 0.29) is 12.6 Å². The summed E-state index contributed by atoms with van der Waals surface area (Å²) < 4.78 is 12.8. The monoisotopic (exact) mass is 683 g/mol. The van der Waals surface area contributed by atoms with Crippen molar-refractivity contribution in [3.05, 3.63) is 82.1 Å². The first-order chi connectivity index (χ1) is 23.1. The normalized spacial score (nSPS) is 17.7. The number of unbranched alkanes of at least 4 members (excludes halogenated alkanes) is 1. The van der Waals surface area contributed by atoms with Gasteiger partial charge in [0.1, 0.15) is 24.1 Å². The number of halogens is 1. The van der Waals surface area contributed by atoms with E-state index >= 15 is 0 Å². The molecule has 260 valence electrons. The van der Waals surface area contributed by atoms with Crippen LogP contribution in [0, 0.1) is 6.92 Å². The first-order valence-electron chi connectivity index (χ1n) is 16.5. The third kappa shape index (κ3) is 8.46. The van der Waals surface area contributed by atoms with Gasteiger partial charge in [-0.2, -0.15) is 0 Å². The zero-order chi connectivity index (χ0) is 34.4. The molecule has 1 aromatic heterocycles. The maximum absolute atomic E-state index is 12.1. The highest BCUT2D eigenvalue weighted by Gasteiger charge is 2.48. The fourth-order valence-corrected chi connectivity index (χ4v) is 6.37. The van der Waals surface area contributed by atoms with Gasteiger partial charge in [-0.3, -0.25) is 4.98 Å². The van der Waals surface area contributed by atoms with Crippen LogP contribution in [0.4, 0.5) is 4.79 Å². The molecule has 2 aliphatic rings. The fraction of sp³-hybridized carbons (Fsp3) is 0.500. The lowest BCUT2D eigenvalue weighted by atomic mass is 9.96. The summed E-state index contributed by atoms with van der Waals surface area (Å²) in [6.07, 6.45) is 4.57. The van der Waals surface area contributed by atoms with Crippen molar-refractivity contribution < 1.29 is 39.8 Å². The third-order valence-electron chi connectivity index (χ3n) is 9.31. The van der Waals surface area contributed by atoms with Crippen molar-refractivity contribution in [2.24, 2.45) is 5.73 Å². The van der Waals surface area contributed by atoms with Gasteiger partial charge in [-0.25, -0.2) is 4.79 Å². The van der Waals surface area contributed by atoms with E-state index in [0.717, 1.165) is 69.7 Å². The third-order valence-corrected chi connectivity index (χ3v) is 9.66. The van der Waals surface area contributed by atoms with Crippen LogP contribution in [-0.2, 0) is 23.4 Å². The van der Waals surface area contributed by atoms with E-state index in [9.17, 15) is 25.2 Å². The summed E-state index contributed by atoms with van der Waals surface area (Å²) in [5, 5.41) is 49.7. The molecule has 5 rings (SSSR count). The Morgan fingerprint density at radius 1 is 1.04 bits per heavy atom. The molecule has 2 aliphatic carbocycles. The number of aromatic nitrogens is 1. The van der Waals surface area contributed by atoms with Crippen molar-refractivity contribution in [3.8, 4) is 16.9 Å². The van der Waals surface area contributed by atoms with Crippen molar-refractivity contribution in [3.63, 3.8) is 0 Å². The van der Waals surface area contributed by atoms with Crippen molar-refractivity contribution >= 4 is 17.6 Å². The van der Waals surface area contributed by atoms with Crippen LogP contribution in [0.15, 0.2) is 54.9 Å². The molecule has 0 aliphatic heterocycles. The predicted molar refractivity (Wildman–Crippen MR) is 180 cm³/mol. The van der Waals surface area contributed by atoms with E-state index in [2.05, 4.69) is 11.1 Å². The zero-order valence-electron chi connectivity index (χ0n) is 27.2. The van der Waals surface area contributed by atoms with Gasteiger partial charge in [0, 0.05) is 35.1 Å². The molecule has 0 saturated heterocycles. The summed E-state index contributed by atoms with van der Waals surface area (Å²) in [6.45, 7) is 0.970. The van der Waals surface area contributed by atoms with Gasteiger partial charge in [-0.1, -0.05) is 35.9 Å². The van der Waals surface area contributed by atoms with E-state index in [1.807, 2.05) is 49.5 Å². The molecule has 12 heteroatoms. The minimum atomic E-state index is -1.77. The minimum Gasteiger partial charge on any atom is -0.490 e. The number of carbonyl (C=O) groups is 1. The van der Waals surface area contributed by atoms with Gasteiger partial charge in [0.15, 0.2) is 0 Å². The lowest BCUT2D eigenvalue weighted by Gasteiger charge is -2.35. The second-order valence-electron chi connectivity index (χ2n) is 12.9. The smallest absolute Gasteiger partial charge is 0.315 e. The van der Waals surface area contributed by atoms with Crippen molar-refractivity contribution in [2.45, 2.75) is 94.5 Å². The zero-order valence-corrected chi connectivity index (χ0v) is 27.9. The highest BCUT2D eigenvalue weighted by molar-refractivity contribution is 6.31. The molecule has 48 heavy (non-hydrogen) atoms. The molecular formula is C36H46ClN3O8. The van der Waals surface area contributed by atoms with E-state index in [1.54, 1.807) is 6.20 Å². The van der Waals surface area contributed by atoms with Gasteiger partial charge in [0.25, 0.3) is 0 Å². The summed E-state index contributed by atoms with van der Waals surface area (Å²) in [4.78, 5) is 17.6. The van der Waals surface area contributed by atoms with Crippen molar-refractivity contribution in [1.29, 1.82) is 0 Å². The number of nitrogens with two attached hydrogens (primary N) is 1. The van der Waals surface area contributed by atoms with Crippen LogP contribution in [0.5, 0.6) is 5.75 Å². The maximum Gasteiger partial charge on any atom is 0.315 e. The molecule has 1 heterocycles. The molecule has 3 aromatic rings. The van der Waals surface area contributed by atoms with Gasteiger partial charge >= 0.3 is 6.03 Å². The lowest BCUT2D eigenvalue weighted by Crippen LogP contribution is -2.57. The largest absolute Gasteiger partial charge is 0.490 e. The number of aliphatic hydroxyl groups is 5. The minimum absolute atomic E-state index is 0.105. The van der Waals surface area contributed by atoms with Crippen LogP contribution < -0.4 is 10.5 Å². The number of urea groups is 1. The lowest BCUT2D eigenvalue weighted by molar-refractivity contribution is -0.104. The number of rotatable bonds is 18. The number of hydrogen-bond donors (Lipinski definition) is 6. The van der Waals surface area contributed by atoms with Crippen LogP contribution >= 0.6 is 11.6 Å². The Labute approximate surface area is 285 Å². The summed E-state index contributed by atoms with van der Waals surface area (Å²) in [5.41, 5.74) is 11.2. The molecule has 0 radical (unpaired) electrons. The first-order valence-corrected chi connectivity index (χ1v) is 16.9. The molecule has 4 atom stereocenters. The van der Waals surface area contributed by atoms with Crippen molar-refractivity contribution in [1.82, 2.24) is 9.88 Å². The highest BCUT2D eigenvalue weighted by Crippen LogP contribution is 2.53. The second-order valence-corrected chi connectivity index (χ2v) is 13.3. The number of amides is 2. The van der Waals surface area contributed by atoms with Crippen LogP contribution in [0.25, 0.3) is 11.1 Å². The number of benzene rings is 2. The van der Waals surface area contributed by atoms with E-state index in [1.165, 1.54) is 0 Å². The Morgan fingerprint density at radius 2 is 1.79 bits per heavy atom. The number of aryl methyl sites for hydroxylation is 2. The number of para-hydroxylation sites is 1. The number of primary amides is 1. The van der Waals surface area contributed by atoms with Crippen LogP contribution in [0.2, 0.25) is 5.02 Å². The summed E-state index contributed by atoms with van der Waals surface area (Å²) in [6, 6.07) is 12.0. The number of aliphatic hydroxyl groups excluding tert-OH is 5. The van der Waals surface area contributed by atoms with Gasteiger partial charge in [-0.15, -0.1) is 0 Å². The van der Waals surface area contributed by atoms with Crippen molar-refractivity contribution in [2.75, 3.05) is 19.8 Å². The second kappa shape index (κ2) is 15.9. The Balaban J connectivity index is 1.20. The maximum atomic E-state index is 12.1. The van der Waals surface area contributed by atoms with Gasteiger partial charge in [0.05, 0.1) is 37.6 Å². The molecule has 0 bridgehead atoms. The Hall–Kier alpha value is -3.29. The molecule has 2 aromatic carbocycles. The molecule has 2 fully saturated rings. The highest BCUT2D eigenvalue weighted by atomic mass is 35.5. The molecule has 11 nitrogen and oxygen atoms in total. The fourth-order valence-electron chi connectivity index (χ4n) is 6.12. The molecule has 2 amide bonds. The summed E-state index contributed by atoms with van der Waals surface area (Å²) in [5.74, 6) is 0.877. The quantitative estimate of drug-likeness (QED) is 0.109. The topological polar surface area (TPSA) is 179 Å². The van der Waals surface area contributed by atoms with Gasteiger partial charge < -0.3 is 45.6 Å². The predicted octanol–water partition coefficient (Wildman–Crippen LogP) is 3.60. The Morgan fingerprint density at radius 3 is 2.46 bits per heavy atom. The van der Waals surface area contributed by atoms with Crippen LogP contribution in [0.3, 0.4) is 0 Å². The number of nitrogens with zero attached hydrogens (tertiary/aromatic N) is 2. The molecule has 0 unspecified atom stereocenters. The SMILES string of the molecule is Cc1cc(COC2(c3cnccc3-c3ccccc3OC3CC3)CC2)c(Cl)cc1CCCCN(C(N)=O)[C@@H](CO)[C@@H](O)[C@H](O)[C@H](O)CO. The van der Waals surface area contributed by atoms with E-state index in [0.29, 0.717) is 30.9 Å². The number of pyridine rings is 1. The molecular weight excluding hydrogens is 638 g/mol. The number of ether oxygens (including phenoxy) is 2. The summed E-state index contributed by atoms with van der Waals surface area (Å²) >= 11 is 6.77.